The third-order valence-corrected chi connectivity index (χ3v) is 4.68. The van der Waals surface area contributed by atoms with Gasteiger partial charge in [-0.25, -0.2) is 0 Å². The molecule has 5 nitrogen and oxygen atoms in total. The number of carbonyl (C=O) groups is 1. The largest absolute Gasteiger partial charge is 0.396 e. The molecule has 1 saturated heterocycles. The highest BCUT2D eigenvalue weighted by Crippen LogP contribution is 2.08. The summed E-state index contributed by atoms with van der Waals surface area (Å²) in [6.45, 7) is 7.02. The van der Waals surface area contributed by atoms with Crippen LogP contribution in [0.4, 0.5) is 0 Å². The van der Waals surface area contributed by atoms with Crippen molar-refractivity contribution >= 4 is 17.7 Å². The Kier molecular flexibility index (Phi) is 9.26. The van der Waals surface area contributed by atoms with Crippen LogP contribution in [0.1, 0.15) is 26.2 Å². The Labute approximate surface area is 126 Å². The van der Waals surface area contributed by atoms with E-state index < -0.39 is 6.04 Å². The molecular weight excluding hydrogens is 274 g/mol. The lowest BCUT2D eigenvalue weighted by Gasteiger charge is -2.35. The van der Waals surface area contributed by atoms with Crippen molar-refractivity contribution in [2.24, 2.45) is 5.73 Å². The maximum Gasteiger partial charge on any atom is 0.240 e. The number of hydrogen-bond acceptors (Lipinski definition) is 5. The van der Waals surface area contributed by atoms with E-state index >= 15 is 0 Å². The molecule has 118 valence electrons. The topological polar surface area (TPSA) is 69.8 Å². The van der Waals surface area contributed by atoms with Crippen LogP contribution in [0.2, 0.25) is 0 Å². The van der Waals surface area contributed by atoms with E-state index in [1.807, 2.05) is 4.90 Å². The van der Waals surface area contributed by atoms with Gasteiger partial charge in [0.1, 0.15) is 0 Å². The molecule has 1 rings (SSSR count). The van der Waals surface area contributed by atoms with Gasteiger partial charge in [-0.2, -0.15) is 11.8 Å². The van der Waals surface area contributed by atoms with E-state index in [1.54, 1.807) is 0 Å². The second-order valence-electron chi connectivity index (χ2n) is 5.28. The summed E-state index contributed by atoms with van der Waals surface area (Å²) in [4.78, 5) is 16.5. The van der Waals surface area contributed by atoms with Crippen LogP contribution in [0.25, 0.3) is 0 Å². The Hall–Kier alpha value is -0.300. The summed E-state index contributed by atoms with van der Waals surface area (Å²) in [6, 6.07) is -0.432. The zero-order chi connectivity index (χ0) is 14.8. The fourth-order valence-corrected chi connectivity index (χ4v) is 3.05. The molecular formula is C14H29N3O2S. The summed E-state index contributed by atoms with van der Waals surface area (Å²) in [5, 5.41) is 8.72. The lowest BCUT2D eigenvalue weighted by atomic mass is 10.2. The third-order valence-electron chi connectivity index (χ3n) is 3.61. The fourth-order valence-electron chi connectivity index (χ4n) is 2.36. The lowest BCUT2D eigenvalue weighted by molar-refractivity contribution is -0.133. The minimum Gasteiger partial charge on any atom is -0.396 e. The van der Waals surface area contributed by atoms with E-state index in [-0.39, 0.29) is 12.5 Å². The van der Waals surface area contributed by atoms with E-state index in [9.17, 15) is 4.79 Å². The lowest BCUT2D eigenvalue weighted by Crippen LogP contribution is -2.53. The summed E-state index contributed by atoms with van der Waals surface area (Å²) in [7, 11) is 0. The molecule has 0 aromatic rings. The minimum atomic E-state index is -0.432. The highest BCUT2D eigenvalue weighted by molar-refractivity contribution is 7.99. The molecule has 1 heterocycles. The number of thioether (sulfide) groups is 1. The summed E-state index contributed by atoms with van der Waals surface area (Å²) in [5.74, 6) is 1.30. The van der Waals surface area contributed by atoms with E-state index in [0.717, 1.165) is 32.7 Å². The molecule has 3 N–H and O–H groups in total. The van der Waals surface area contributed by atoms with Gasteiger partial charge in [-0.15, -0.1) is 0 Å². The van der Waals surface area contributed by atoms with E-state index in [1.165, 1.54) is 31.0 Å². The number of aliphatic hydroxyl groups excluding tert-OH is 1. The van der Waals surface area contributed by atoms with Gasteiger partial charge in [0.15, 0.2) is 0 Å². The molecule has 1 amide bonds. The number of nitrogens with two attached hydrogens (primary N) is 1. The van der Waals surface area contributed by atoms with Crippen LogP contribution in [0.15, 0.2) is 0 Å². The first-order valence-corrected chi connectivity index (χ1v) is 8.79. The Morgan fingerprint density at radius 3 is 2.60 bits per heavy atom. The normalized spacial score (nSPS) is 18.2. The monoisotopic (exact) mass is 303 g/mol. The Morgan fingerprint density at radius 2 is 2.00 bits per heavy atom. The van der Waals surface area contributed by atoms with Crippen LogP contribution < -0.4 is 5.73 Å². The van der Waals surface area contributed by atoms with Gasteiger partial charge in [0.2, 0.25) is 5.91 Å². The average molecular weight is 303 g/mol. The summed E-state index contributed by atoms with van der Waals surface area (Å²) < 4.78 is 0. The van der Waals surface area contributed by atoms with Crippen LogP contribution in [-0.4, -0.2) is 77.7 Å². The van der Waals surface area contributed by atoms with Crippen LogP contribution in [0, 0.1) is 0 Å². The third kappa shape index (κ3) is 6.43. The molecule has 1 aliphatic heterocycles. The summed E-state index contributed by atoms with van der Waals surface area (Å²) in [5.41, 5.74) is 5.91. The molecule has 6 heteroatoms. The quantitative estimate of drug-likeness (QED) is 0.603. The van der Waals surface area contributed by atoms with Crippen molar-refractivity contribution in [1.29, 1.82) is 0 Å². The van der Waals surface area contributed by atoms with Crippen molar-refractivity contribution in [3.8, 4) is 0 Å². The molecule has 0 aromatic carbocycles. The van der Waals surface area contributed by atoms with Crippen LogP contribution in [-0.2, 0) is 4.79 Å². The van der Waals surface area contributed by atoms with E-state index in [4.69, 9.17) is 10.8 Å². The molecule has 1 fully saturated rings. The van der Waals surface area contributed by atoms with Gasteiger partial charge in [-0.3, -0.25) is 9.69 Å². The highest BCUT2D eigenvalue weighted by Gasteiger charge is 2.24. The van der Waals surface area contributed by atoms with Gasteiger partial charge in [0.05, 0.1) is 12.6 Å². The summed E-state index contributed by atoms with van der Waals surface area (Å²) >= 11 is 1.53. The van der Waals surface area contributed by atoms with Gasteiger partial charge < -0.3 is 15.7 Å². The Morgan fingerprint density at radius 1 is 1.30 bits per heavy atom. The Bertz CT molecular complexity index is 271. The Balaban J connectivity index is 2.21. The predicted molar refractivity (Wildman–Crippen MR) is 84.9 cm³/mol. The predicted octanol–water partition coefficient (Wildman–Crippen LogP) is 0.374. The van der Waals surface area contributed by atoms with Crippen molar-refractivity contribution in [3.05, 3.63) is 0 Å². The first-order valence-electron chi connectivity index (χ1n) is 7.64. The van der Waals surface area contributed by atoms with Crippen molar-refractivity contribution in [3.63, 3.8) is 0 Å². The maximum absolute atomic E-state index is 12.2. The molecule has 0 radical (unpaired) electrons. The van der Waals surface area contributed by atoms with Gasteiger partial charge in [0, 0.05) is 37.7 Å². The van der Waals surface area contributed by atoms with E-state index in [2.05, 4.69) is 11.8 Å². The van der Waals surface area contributed by atoms with Gasteiger partial charge in [-0.05, 0) is 13.0 Å². The zero-order valence-corrected chi connectivity index (χ0v) is 13.4. The fraction of sp³-hybridized carbons (Fsp3) is 0.929. The van der Waals surface area contributed by atoms with Crippen LogP contribution in [0.3, 0.4) is 0 Å². The van der Waals surface area contributed by atoms with Gasteiger partial charge >= 0.3 is 0 Å². The standard InChI is InChI=1S/C14H29N3O2S/c1-2-3-4-5-16-6-8-17(9-7-16)14(19)13(15)12-20-11-10-18/h13,18H,2-12,15H2,1H3. The highest BCUT2D eigenvalue weighted by atomic mass is 32.2. The second-order valence-corrected chi connectivity index (χ2v) is 6.43. The first kappa shape index (κ1) is 17.8. The summed E-state index contributed by atoms with van der Waals surface area (Å²) in [6.07, 6.45) is 3.78. The number of unbranched alkanes of at least 4 members (excludes halogenated alkanes) is 2. The molecule has 0 aromatic heterocycles. The molecule has 0 saturated carbocycles. The van der Waals surface area contributed by atoms with Crippen molar-refractivity contribution < 1.29 is 9.90 Å². The first-order chi connectivity index (χ1) is 9.69. The number of aliphatic hydroxyl groups is 1. The molecule has 1 aliphatic rings. The number of carbonyl (C=O) groups excluding carboxylic acids is 1. The number of rotatable bonds is 9. The van der Waals surface area contributed by atoms with Crippen molar-refractivity contribution in [2.75, 3.05) is 50.8 Å². The molecule has 20 heavy (non-hydrogen) atoms. The number of amides is 1. The zero-order valence-electron chi connectivity index (χ0n) is 12.6. The van der Waals surface area contributed by atoms with Crippen molar-refractivity contribution in [2.45, 2.75) is 32.2 Å². The SMILES string of the molecule is CCCCCN1CCN(C(=O)C(N)CSCCO)CC1. The molecule has 0 spiro atoms. The van der Waals surface area contributed by atoms with Gasteiger partial charge in [0.25, 0.3) is 0 Å². The van der Waals surface area contributed by atoms with Gasteiger partial charge in [-0.1, -0.05) is 19.8 Å². The minimum absolute atomic E-state index is 0.0589. The molecule has 1 atom stereocenters. The second kappa shape index (κ2) is 10.4. The molecule has 0 bridgehead atoms. The maximum atomic E-state index is 12.2. The number of piperazine rings is 1. The number of nitrogens with zero attached hydrogens (tertiary/aromatic N) is 2. The number of hydrogen-bond donors (Lipinski definition) is 2. The average Bonchev–Trinajstić information content (AvgIpc) is 2.47. The van der Waals surface area contributed by atoms with Crippen molar-refractivity contribution in [1.82, 2.24) is 9.80 Å². The smallest absolute Gasteiger partial charge is 0.240 e. The van der Waals surface area contributed by atoms with Crippen LogP contribution >= 0.6 is 11.8 Å². The van der Waals surface area contributed by atoms with Crippen LogP contribution in [0.5, 0.6) is 0 Å². The molecule has 0 aliphatic carbocycles. The van der Waals surface area contributed by atoms with E-state index in [0.29, 0.717) is 11.5 Å². The molecule has 1 unspecified atom stereocenters.